The van der Waals surface area contributed by atoms with Crippen LogP contribution in [0.5, 0.6) is 0 Å². The molecule has 0 aliphatic carbocycles. The number of carboxylic acids is 1. The normalized spacial score (nSPS) is 14.8. The molecule has 0 heterocycles. The van der Waals surface area contributed by atoms with Gasteiger partial charge in [-0.2, -0.15) is 0 Å². The molecule has 2 amide bonds. The number of aliphatic carboxylic acids is 1. The van der Waals surface area contributed by atoms with Crippen LogP contribution in [0.3, 0.4) is 0 Å². The Labute approximate surface area is 126 Å². The van der Waals surface area contributed by atoms with Gasteiger partial charge in [-0.15, -0.1) is 0 Å². The molecule has 1 aromatic rings. The smallest absolute Gasteiger partial charge is 0.333 e. The maximum absolute atomic E-state index is 11.8. The van der Waals surface area contributed by atoms with E-state index in [0.717, 1.165) is 0 Å². The number of carbonyl (C=O) groups is 2. The molecule has 2 unspecified atom stereocenters. The van der Waals surface area contributed by atoms with Crippen LogP contribution in [0.25, 0.3) is 0 Å². The highest BCUT2D eigenvalue weighted by molar-refractivity contribution is 7.84. The Kier molecular flexibility index (Phi) is 6.36. The Morgan fingerprint density at radius 1 is 1.29 bits per heavy atom. The number of carboxylic acid groups (broad SMARTS) is 1. The van der Waals surface area contributed by atoms with Gasteiger partial charge in [-0.3, -0.25) is 4.21 Å². The summed E-state index contributed by atoms with van der Waals surface area (Å²) in [6, 6.07) is 7.87. The first-order valence-corrected chi connectivity index (χ1v) is 8.09. The number of hydrogen-bond acceptors (Lipinski definition) is 3. The quantitative estimate of drug-likeness (QED) is 0.701. The molecule has 1 rings (SSSR count). The summed E-state index contributed by atoms with van der Waals surface area (Å²) in [5, 5.41) is 14.4. The lowest BCUT2D eigenvalue weighted by Gasteiger charge is -2.26. The largest absolute Gasteiger partial charge is 0.479 e. The summed E-state index contributed by atoms with van der Waals surface area (Å²) in [7, 11) is -0.970. The third kappa shape index (κ3) is 4.86. The average Bonchev–Trinajstić information content (AvgIpc) is 2.47. The lowest BCUT2D eigenvalue weighted by atomic mass is 9.92. The fourth-order valence-corrected chi connectivity index (χ4v) is 2.33. The molecule has 0 saturated heterocycles. The van der Waals surface area contributed by atoms with Crippen molar-refractivity contribution in [1.29, 1.82) is 0 Å². The van der Waals surface area contributed by atoms with E-state index in [0.29, 0.717) is 17.1 Å². The fraction of sp³-hybridized carbons (Fsp3) is 0.429. The number of rotatable bonds is 7. The summed E-state index contributed by atoms with van der Waals surface area (Å²) in [5.41, 5.74) is -1.04. The van der Waals surface area contributed by atoms with Gasteiger partial charge in [0.25, 0.3) is 0 Å². The molecule has 0 saturated carbocycles. The molecule has 21 heavy (non-hydrogen) atoms. The zero-order valence-corrected chi connectivity index (χ0v) is 12.9. The van der Waals surface area contributed by atoms with Gasteiger partial charge in [0.15, 0.2) is 5.54 Å². The van der Waals surface area contributed by atoms with E-state index in [-0.39, 0.29) is 6.54 Å². The number of benzene rings is 1. The van der Waals surface area contributed by atoms with E-state index in [4.69, 9.17) is 0 Å². The second-order valence-electron chi connectivity index (χ2n) is 4.61. The Morgan fingerprint density at radius 3 is 2.43 bits per heavy atom. The van der Waals surface area contributed by atoms with Crippen molar-refractivity contribution >= 4 is 22.8 Å². The summed E-state index contributed by atoms with van der Waals surface area (Å²) in [5.74, 6) is -0.278. The van der Waals surface area contributed by atoms with Crippen molar-refractivity contribution in [2.75, 3.05) is 18.1 Å². The van der Waals surface area contributed by atoms with Gasteiger partial charge in [0.1, 0.15) is 0 Å². The molecule has 0 bridgehead atoms. The van der Waals surface area contributed by atoms with E-state index in [9.17, 15) is 18.9 Å². The van der Waals surface area contributed by atoms with Crippen molar-refractivity contribution in [3.05, 3.63) is 35.9 Å². The number of carbonyl (C=O) groups excluding carboxylic acids is 1. The van der Waals surface area contributed by atoms with Gasteiger partial charge in [0.05, 0.1) is 0 Å². The third-order valence-electron chi connectivity index (χ3n) is 3.08. The van der Waals surface area contributed by atoms with E-state index in [1.54, 1.807) is 37.3 Å². The predicted octanol–water partition coefficient (Wildman–Crippen LogP) is 1.05. The van der Waals surface area contributed by atoms with Crippen LogP contribution in [-0.2, 0) is 21.1 Å². The van der Waals surface area contributed by atoms with Crippen LogP contribution in [0.2, 0.25) is 0 Å². The van der Waals surface area contributed by atoms with Crippen LogP contribution in [0.1, 0.15) is 19.4 Å². The van der Waals surface area contributed by atoms with Crippen molar-refractivity contribution in [3.63, 3.8) is 0 Å². The Balaban J connectivity index is 2.69. The predicted molar refractivity (Wildman–Crippen MR) is 81.5 cm³/mol. The van der Waals surface area contributed by atoms with E-state index in [1.165, 1.54) is 6.92 Å². The van der Waals surface area contributed by atoms with E-state index in [1.807, 2.05) is 0 Å². The highest BCUT2D eigenvalue weighted by atomic mass is 32.2. The van der Waals surface area contributed by atoms with Crippen molar-refractivity contribution in [2.45, 2.75) is 19.4 Å². The minimum atomic E-state index is -1.52. The fourth-order valence-electron chi connectivity index (χ4n) is 1.71. The standard InChI is InChI=1S/C14H20N2O4S/c1-3-21(20)10-9-15-13(19)16-14(2,12(17)18)11-7-5-4-6-8-11/h4-8H,3,9-10H2,1-2H3,(H,17,18)(H2,15,16,19). The Hall–Kier alpha value is -1.89. The SMILES string of the molecule is CCS(=O)CCNC(=O)NC(C)(C(=O)O)c1ccccc1. The molecule has 0 aliphatic rings. The van der Waals surface area contributed by atoms with Gasteiger partial charge in [-0.05, 0) is 12.5 Å². The molecule has 7 heteroatoms. The molecule has 3 N–H and O–H groups in total. The Bertz CT molecular complexity index is 521. The minimum absolute atomic E-state index is 0.233. The summed E-state index contributed by atoms with van der Waals surface area (Å²) in [6.45, 7) is 3.46. The van der Waals surface area contributed by atoms with Crippen LogP contribution in [0.4, 0.5) is 4.79 Å². The minimum Gasteiger partial charge on any atom is -0.479 e. The zero-order chi connectivity index (χ0) is 15.9. The molecule has 0 spiro atoms. The molecule has 2 atom stereocenters. The number of amides is 2. The average molecular weight is 312 g/mol. The van der Waals surface area contributed by atoms with Crippen LogP contribution in [-0.4, -0.2) is 39.4 Å². The van der Waals surface area contributed by atoms with Crippen molar-refractivity contribution < 1.29 is 18.9 Å². The van der Waals surface area contributed by atoms with Gasteiger partial charge >= 0.3 is 12.0 Å². The molecular weight excluding hydrogens is 292 g/mol. The number of urea groups is 1. The van der Waals surface area contributed by atoms with Gasteiger partial charge in [-0.1, -0.05) is 37.3 Å². The molecule has 0 aliphatic heterocycles. The first kappa shape index (κ1) is 17.2. The van der Waals surface area contributed by atoms with Crippen LogP contribution in [0.15, 0.2) is 30.3 Å². The van der Waals surface area contributed by atoms with Gasteiger partial charge in [0, 0.05) is 28.9 Å². The number of hydrogen-bond donors (Lipinski definition) is 3. The topological polar surface area (TPSA) is 95.5 Å². The highest BCUT2D eigenvalue weighted by Gasteiger charge is 2.36. The molecule has 1 aromatic carbocycles. The molecule has 6 nitrogen and oxygen atoms in total. The van der Waals surface area contributed by atoms with Gasteiger partial charge < -0.3 is 15.7 Å². The maximum atomic E-state index is 11.8. The van der Waals surface area contributed by atoms with Crippen LogP contribution < -0.4 is 10.6 Å². The molecule has 0 radical (unpaired) electrons. The van der Waals surface area contributed by atoms with Gasteiger partial charge in [-0.25, -0.2) is 9.59 Å². The third-order valence-corrected chi connectivity index (χ3v) is 4.38. The zero-order valence-electron chi connectivity index (χ0n) is 12.1. The summed E-state index contributed by atoms with van der Waals surface area (Å²) in [4.78, 5) is 23.3. The van der Waals surface area contributed by atoms with Crippen LogP contribution >= 0.6 is 0 Å². The second kappa shape index (κ2) is 7.78. The lowest BCUT2D eigenvalue weighted by molar-refractivity contribution is -0.144. The lowest BCUT2D eigenvalue weighted by Crippen LogP contribution is -2.53. The first-order chi connectivity index (χ1) is 9.90. The van der Waals surface area contributed by atoms with Crippen LogP contribution in [0, 0.1) is 0 Å². The molecule has 0 fully saturated rings. The first-order valence-electron chi connectivity index (χ1n) is 6.60. The van der Waals surface area contributed by atoms with E-state index >= 15 is 0 Å². The highest BCUT2D eigenvalue weighted by Crippen LogP contribution is 2.20. The molecule has 0 aromatic heterocycles. The van der Waals surface area contributed by atoms with Crippen molar-refractivity contribution in [2.24, 2.45) is 0 Å². The summed E-state index contributed by atoms with van der Waals surface area (Å²) in [6.07, 6.45) is 0. The van der Waals surface area contributed by atoms with Crippen molar-refractivity contribution in [3.8, 4) is 0 Å². The number of nitrogens with one attached hydrogen (secondary N) is 2. The maximum Gasteiger partial charge on any atom is 0.333 e. The molecular formula is C14H20N2O4S. The monoisotopic (exact) mass is 312 g/mol. The van der Waals surface area contributed by atoms with Gasteiger partial charge in [0.2, 0.25) is 0 Å². The van der Waals surface area contributed by atoms with E-state index < -0.39 is 28.3 Å². The molecule has 116 valence electrons. The van der Waals surface area contributed by atoms with E-state index in [2.05, 4.69) is 10.6 Å². The summed E-state index contributed by atoms with van der Waals surface area (Å²) >= 11 is 0. The summed E-state index contributed by atoms with van der Waals surface area (Å²) < 4.78 is 11.3. The second-order valence-corrected chi connectivity index (χ2v) is 6.47. The van der Waals surface area contributed by atoms with Crippen molar-refractivity contribution in [1.82, 2.24) is 10.6 Å². The Morgan fingerprint density at radius 2 is 1.90 bits per heavy atom.